The van der Waals surface area contributed by atoms with E-state index in [4.69, 9.17) is 16.9 Å². The maximum Gasteiger partial charge on any atom is 0.0868 e. The van der Waals surface area contributed by atoms with Gasteiger partial charge in [-0.25, -0.2) is 0 Å². The molecule has 1 spiro atoms. The third-order valence-corrected chi connectivity index (χ3v) is 7.61. The molecule has 1 unspecified atom stereocenters. The van der Waals surface area contributed by atoms with Crippen LogP contribution >= 0.6 is 0 Å². The Morgan fingerprint density at radius 3 is 2.71 bits per heavy atom. The van der Waals surface area contributed by atoms with E-state index in [-0.39, 0.29) is 0 Å². The second-order valence-corrected chi connectivity index (χ2v) is 10.2. The van der Waals surface area contributed by atoms with Crippen molar-refractivity contribution in [1.29, 1.82) is 5.41 Å². The van der Waals surface area contributed by atoms with Crippen LogP contribution in [0.4, 0.5) is 5.69 Å². The van der Waals surface area contributed by atoms with Crippen LogP contribution < -0.4 is 11.5 Å². The van der Waals surface area contributed by atoms with Gasteiger partial charge in [-0.2, -0.15) is 0 Å². The molecule has 3 heterocycles. The third kappa shape index (κ3) is 4.61. The number of hydrogen-bond donors (Lipinski definition) is 4. The second-order valence-electron chi connectivity index (χ2n) is 10.2. The van der Waals surface area contributed by atoms with Crippen LogP contribution in [0.15, 0.2) is 53.7 Å². The molecule has 0 amide bonds. The molecule has 182 valence electrons. The molecule has 0 saturated carbocycles. The normalized spacial score (nSPS) is 21.7. The molecule has 7 nitrogen and oxygen atoms in total. The highest BCUT2D eigenvalue weighted by Crippen LogP contribution is 2.39. The van der Waals surface area contributed by atoms with Gasteiger partial charge in [0.1, 0.15) is 0 Å². The highest BCUT2D eigenvalue weighted by atomic mass is 15.2. The fourth-order valence-electron chi connectivity index (χ4n) is 5.78. The average molecular weight is 470 g/mol. The zero-order chi connectivity index (χ0) is 24.6. The van der Waals surface area contributed by atoms with Crippen LogP contribution in [0.1, 0.15) is 35.2 Å². The molecular weight excluding hydrogens is 434 g/mol. The average Bonchev–Trinajstić information content (AvgIpc) is 3.55. The molecule has 1 aromatic heterocycles. The largest absolute Gasteiger partial charge is 0.404 e. The van der Waals surface area contributed by atoms with Crippen LogP contribution in [0.25, 0.3) is 16.5 Å². The number of hydrogen-bond acceptors (Lipinski definition) is 6. The molecule has 0 bridgehead atoms. The number of aliphatic imine (C=N–C) groups is 1. The van der Waals surface area contributed by atoms with Gasteiger partial charge in [0.15, 0.2) is 0 Å². The van der Waals surface area contributed by atoms with Gasteiger partial charge in [0.2, 0.25) is 0 Å². The summed E-state index contributed by atoms with van der Waals surface area (Å²) in [6, 6.07) is 14.3. The predicted molar refractivity (Wildman–Crippen MR) is 146 cm³/mol. The number of nitrogens with zero attached hydrogens (tertiary/aromatic N) is 3. The standard InChI is InChI=1S/C28H35N7/c1-32-15-22(14-29)20-4-5-24(30)23(12-20)27(31)26-13-21-11-19(3-6-25(21)33-26)16-35-10-8-28(18-35)7-9-34(2)17-28/h3-6,11-15,31,33H,7-10,16-18,29-30H2,1-2H3/b22-14+,31-27?,32-15?. The number of allylic oxidation sites excluding steroid dienone is 1. The van der Waals surface area contributed by atoms with Gasteiger partial charge in [-0.05, 0) is 79.9 Å². The lowest BCUT2D eigenvalue weighted by molar-refractivity contribution is 0.250. The second kappa shape index (κ2) is 9.32. The minimum Gasteiger partial charge on any atom is -0.404 e. The van der Waals surface area contributed by atoms with E-state index in [9.17, 15) is 0 Å². The van der Waals surface area contributed by atoms with E-state index in [1.54, 1.807) is 13.3 Å². The quantitative estimate of drug-likeness (QED) is 0.326. The molecule has 6 N–H and O–H groups in total. The van der Waals surface area contributed by atoms with Crippen molar-refractivity contribution in [2.24, 2.45) is 16.1 Å². The van der Waals surface area contributed by atoms with Crippen molar-refractivity contribution in [2.75, 3.05) is 46.0 Å². The van der Waals surface area contributed by atoms with E-state index in [1.165, 1.54) is 50.8 Å². The first-order chi connectivity index (χ1) is 16.9. The number of nitrogens with one attached hydrogen (secondary N) is 2. The first-order valence-corrected chi connectivity index (χ1v) is 12.3. The Labute approximate surface area is 207 Å². The molecule has 2 fully saturated rings. The van der Waals surface area contributed by atoms with Gasteiger partial charge in [-0.3, -0.25) is 15.3 Å². The van der Waals surface area contributed by atoms with Gasteiger partial charge in [0.25, 0.3) is 0 Å². The summed E-state index contributed by atoms with van der Waals surface area (Å²) in [5.41, 5.74) is 18.9. The fourth-order valence-corrected chi connectivity index (χ4v) is 5.78. The molecule has 1 atom stereocenters. The summed E-state index contributed by atoms with van der Waals surface area (Å²) < 4.78 is 0. The number of benzene rings is 2. The Morgan fingerprint density at radius 2 is 1.97 bits per heavy atom. The first kappa shape index (κ1) is 23.3. The number of rotatable bonds is 6. The molecule has 0 aliphatic carbocycles. The van der Waals surface area contributed by atoms with E-state index in [2.05, 4.69) is 51.1 Å². The minimum atomic E-state index is 0.360. The maximum atomic E-state index is 8.88. The van der Waals surface area contributed by atoms with Crippen molar-refractivity contribution in [3.63, 3.8) is 0 Å². The van der Waals surface area contributed by atoms with Crippen LogP contribution in [0, 0.1) is 10.8 Å². The Morgan fingerprint density at radius 1 is 1.14 bits per heavy atom. The SMILES string of the molecule is CN=C/C(=C\N)c1ccc(N)c(C(=N)c2cc3cc(CN4CCC5(CCN(C)C5)C4)ccc3[nH]2)c1. The Balaban J connectivity index is 1.36. The molecule has 2 aromatic carbocycles. The molecule has 5 rings (SSSR count). The monoisotopic (exact) mass is 469 g/mol. The van der Waals surface area contributed by atoms with Crippen LogP contribution in [0.3, 0.4) is 0 Å². The molecule has 2 aliphatic heterocycles. The topological polar surface area (TPSA) is 111 Å². The van der Waals surface area contributed by atoms with Gasteiger partial charge in [-0.1, -0.05) is 12.1 Å². The molecule has 2 saturated heterocycles. The lowest BCUT2D eigenvalue weighted by Gasteiger charge is -2.24. The fraction of sp³-hybridized carbons (Fsp3) is 0.357. The lowest BCUT2D eigenvalue weighted by atomic mass is 9.86. The molecule has 7 heteroatoms. The van der Waals surface area contributed by atoms with Crippen LogP contribution in [-0.4, -0.2) is 67.0 Å². The number of aromatic nitrogens is 1. The summed E-state index contributed by atoms with van der Waals surface area (Å²) in [7, 11) is 3.95. The van der Waals surface area contributed by atoms with Gasteiger partial charge >= 0.3 is 0 Å². The highest BCUT2D eigenvalue weighted by Gasteiger charge is 2.42. The Hall–Kier alpha value is -3.42. The Kier molecular flexibility index (Phi) is 6.21. The van der Waals surface area contributed by atoms with E-state index in [0.717, 1.165) is 34.3 Å². The van der Waals surface area contributed by atoms with Crippen LogP contribution in [0.2, 0.25) is 0 Å². The van der Waals surface area contributed by atoms with E-state index >= 15 is 0 Å². The number of aromatic amines is 1. The van der Waals surface area contributed by atoms with E-state index in [1.807, 2.05) is 18.2 Å². The summed E-state index contributed by atoms with van der Waals surface area (Å²) in [6.45, 7) is 5.79. The van der Waals surface area contributed by atoms with Crippen molar-refractivity contribution in [1.82, 2.24) is 14.8 Å². The molecule has 0 radical (unpaired) electrons. The van der Waals surface area contributed by atoms with Crippen LogP contribution in [0.5, 0.6) is 0 Å². The molecule has 2 aliphatic rings. The zero-order valence-corrected chi connectivity index (χ0v) is 20.6. The van der Waals surface area contributed by atoms with Crippen molar-refractivity contribution in [3.05, 3.63) is 71.0 Å². The Bertz CT molecular complexity index is 1320. The third-order valence-electron chi connectivity index (χ3n) is 7.61. The van der Waals surface area contributed by atoms with Gasteiger partial charge in [0.05, 0.1) is 11.4 Å². The number of H-pyrrole nitrogens is 1. The molecule has 35 heavy (non-hydrogen) atoms. The molecule has 3 aromatic rings. The number of nitrogens with two attached hydrogens (primary N) is 2. The highest BCUT2D eigenvalue weighted by molar-refractivity contribution is 6.16. The van der Waals surface area contributed by atoms with Crippen LogP contribution in [-0.2, 0) is 6.54 Å². The van der Waals surface area contributed by atoms with Gasteiger partial charge in [-0.15, -0.1) is 0 Å². The van der Waals surface area contributed by atoms with Crippen molar-refractivity contribution in [2.45, 2.75) is 19.4 Å². The lowest BCUT2D eigenvalue weighted by Crippen LogP contribution is -2.29. The zero-order valence-electron chi connectivity index (χ0n) is 20.6. The summed E-state index contributed by atoms with van der Waals surface area (Å²) in [5, 5.41) is 9.99. The van der Waals surface area contributed by atoms with E-state index in [0.29, 0.717) is 22.4 Å². The summed E-state index contributed by atoms with van der Waals surface area (Å²) in [4.78, 5) is 12.5. The number of anilines is 1. The summed E-state index contributed by atoms with van der Waals surface area (Å²) in [5.74, 6) is 0. The number of likely N-dealkylation sites (tertiary alicyclic amines) is 2. The van der Waals surface area contributed by atoms with Gasteiger partial charge in [0, 0.05) is 66.8 Å². The summed E-state index contributed by atoms with van der Waals surface area (Å²) in [6.07, 6.45) is 5.84. The van der Waals surface area contributed by atoms with Crippen molar-refractivity contribution in [3.8, 4) is 0 Å². The van der Waals surface area contributed by atoms with E-state index < -0.39 is 0 Å². The first-order valence-electron chi connectivity index (χ1n) is 12.3. The predicted octanol–water partition coefficient (Wildman–Crippen LogP) is 3.69. The number of nitrogen functional groups attached to an aromatic ring is 1. The van der Waals surface area contributed by atoms with Gasteiger partial charge < -0.3 is 21.4 Å². The van der Waals surface area contributed by atoms with Crippen molar-refractivity contribution < 1.29 is 0 Å². The summed E-state index contributed by atoms with van der Waals surface area (Å²) >= 11 is 0. The number of fused-ring (bicyclic) bond motifs is 1. The molecular formula is C28H35N7. The van der Waals surface area contributed by atoms with Crippen molar-refractivity contribution >= 4 is 34.1 Å². The minimum absolute atomic E-state index is 0.360. The maximum absolute atomic E-state index is 8.88. The smallest absolute Gasteiger partial charge is 0.0868 e.